The number of nitrogens with one attached hydrogen (secondary N) is 2. The first kappa shape index (κ1) is 19.9. The topological polar surface area (TPSA) is 74.8 Å². The van der Waals surface area contributed by atoms with Gasteiger partial charge in [0.15, 0.2) is 0 Å². The Labute approximate surface area is 168 Å². The van der Waals surface area contributed by atoms with E-state index in [4.69, 9.17) is 11.6 Å². The summed E-state index contributed by atoms with van der Waals surface area (Å²) in [5, 5.41) is 3.01. The van der Waals surface area contributed by atoms with Gasteiger partial charge >= 0.3 is 0 Å². The number of carbonyl (C=O) groups is 1. The summed E-state index contributed by atoms with van der Waals surface area (Å²) in [5.41, 5.74) is 0.812. The van der Waals surface area contributed by atoms with E-state index in [-0.39, 0.29) is 17.2 Å². The number of thiophene rings is 1. The number of carbonyl (C=O) groups excluding carboxylic acids is 1. The molecule has 9 heteroatoms. The smallest absolute Gasteiger partial charge is 0.259 e. The third-order valence-corrected chi connectivity index (χ3v) is 6.60. The molecular formula is C18H17ClFN3O2S2. The molecule has 2 aromatic heterocycles. The van der Waals surface area contributed by atoms with Crippen molar-refractivity contribution in [2.75, 3.05) is 5.32 Å². The second-order valence-electron chi connectivity index (χ2n) is 6.04. The normalized spacial score (nSPS) is 12.3. The van der Waals surface area contributed by atoms with Gasteiger partial charge in [0, 0.05) is 9.90 Å². The number of halogens is 2. The van der Waals surface area contributed by atoms with E-state index in [1.165, 1.54) is 41.3 Å². The van der Waals surface area contributed by atoms with Crippen LogP contribution in [0.1, 0.15) is 23.2 Å². The predicted octanol–water partition coefficient (Wildman–Crippen LogP) is 4.65. The van der Waals surface area contributed by atoms with Gasteiger partial charge in [0.25, 0.3) is 5.56 Å². The van der Waals surface area contributed by atoms with Crippen molar-refractivity contribution in [1.82, 2.24) is 9.97 Å². The number of anilines is 1. The molecule has 2 N–H and O–H groups in total. The third-order valence-electron chi connectivity index (χ3n) is 4.11. The number of benzene rings is 1. The van der Waals surface area contributed by atoms with Gasteiger partial charge in [0.2, 0.25) is 5.91 Å². The zero-order valence-electron chi connectivity index (χ0n) is 14.9. The van der Waals surface area contributed by atoms with Crippen molar-refractivity contribution in [2.45, 2.75) is 31.8 Å². The fraction of sp³-hybridized carbons (Fsp3) is 0.278. The number of hydrogen-bond donors (Lipinski definition) is 2. The SMILES string of the molecule is Cc1sc2nc(CSC(C)C(=O)Nc3cc(Cl)ccc3F)[nH]c(=O)c2c1C. The maximum absolute atomic E-state index is 13.7. The Hall–Kier alpha value is -1.90. The molecule has 0 aliphatic carbocycles. The molecule has 0 saturated carbocycles. The Morgan fingerprint density at radius 2 is 2.19 bits per heavy atom. The van der Waals surface area contributed by atoms with Crippen LogP contribution in [-0.4, -0.2) is 21.1 Å². The fourth-order valence-electron chi connectivity index (χ4n) is 2.47. The Morgan fingerprint density at radius 1 is 1.44 bits per heavy atom. The Morgan fingerprint density at radius 3 is 2.93 bits per heavy atom. The quantitative estimate of drug-likeness (QED) is 0.623. The monoisotopic (exact) mass is 425 g/mol. The number of aryl methyl sites for hydroxylation is 2. The number of thioether (sulfide) groups is 1. The van der Waals surface area contributed by atoms with Crippen LogP contribution in [0.25, 0.3) is 10.2 Å². The zero-order chi connectivity index (χ0) is 19.7. The number of nitrogens with zero attached hydrogens (tertiary/aromatic N) is 1. The molecule has 0 fully saturated rings. The van der Waals surface area contributed by atoms with Gasteiger partial charge in [-0.3, -0.25) is 9.59 Å². The molecule has 0 saturated heterocycles. The summed E-state index contributed by atoms with van der Waals surface area (Å²) in [4.78, 5) is 33.6. The Balaban J connectivity index is 1.69. The molecule has 3 rings (SSSR count). The number of aromatic nitrogens is 2. The van der Waals surface area contributed by atoms with Crippen molar-refractivity contribution in [3.63, 3.8) is 0 Å². The van der Waals surface area contributed by atoms with E-state index >= 15 is 0 Å². The van der Waals surface area contributed by atoms with Crippen molar-refractivity contribution in [3.05, 3.63) is 55.7 Å². The molecule has 3 aromatic rings. The highest BCUT2D eigenvalue weighted by atomic mass is 35.5. The zero-order valence-corrected chi connectivity index (χ0v) is 17.2. The lowest BCUT2D eigenvalue weighted by atomic mass is 10.2. The predicted molar refractivity (Wildman–Crippen MR) is 111 cm³/mol. The summed E-state index contributed by atoms with van der Waals surface area (Å²) in [6.45, 7) is 5.57. The van der Waals surface area contributed by atoms with Crippen LogP contribution in [-0.2, 0) is 10.5 Å². The number of hydrogen-bond acceptors (Lipinski definition) is 5. The average Bonchev–Trinajstić information content (AvgIpc) is 2.90. The molecular weight excluding hydrogens is 409 g/mol. The van der Waals surface area contributed by atoms with Gasteiger partial charge in [-0.2, -0.15) is 0 Å². The van der Waals surface area contributed by atoms with Crippen LogP contribution in [0.3, 0.4) is 0 Å². The average molecular weight is 426 g/mol. The molecule has 27 heavy (non-hydrogen) atoms. The number of rotatable bonds is 5. The summed E-state index contributed by atoms with van der Waals surface area (Å²) >= 11 is 8.61. The lowest BCUT2D eigenvalue weighted by molar-refractivity contribution is -0.115. The summed E-state index contributed by atoms with van der Waals surface area (Å²) < 4.78 is 13.7. The van der Waals surface area contributed by atoms with Crippen LogP contribution in [0.2, 0.25) is 5.02 Å². The van der Waals surface area contributed by atoms with Crippen LogP contribution in [0.15, 0.2) is 23.0 Å². The highest BCUT2D eigenvalue weighted by Crippen LogP contribution is 2.27. The first-order valence-corrected chi connectivity index (χ1v) is 10.4. The number of amides is 1. The van der Waals surface area contributed by atoms with Gasteiger partial charge in [-0.1, -0.05) is 11.6 Å². The van der Waals surface area contributed by atoms with Gasteiger partial charge in [-0.05, 0) is 44.5 Å². The standard InChI is InChI=1S/C18H17ClFN3O2S2/c1-8-9(2)27-18-15(8)17(25)22-14(23-18)7-26-10(3)16(24)21-13-6-11(19)4-5-12(13)20/h4-6,10H,7H2,1-3H3,(H,21,24)(H,22,23,25). The molecule has 1 atom stereocenters. The highest BCUT2D eigenvalue weighted by Gasteiger charge is 2.17. The van der Waals surface area contributed by atoms with Gasteiger partial charge < -0.3 is 10.3 Å². The minimum Gasteiger partial charge on any atom is -0.323 e. The second kappa shape index (κ2) is 8.00. The molecule has 0 aliphatic heterocycles. The van der Waals surface area contributed by atoms with Gasteiger partial charge in [-0.15, -0.1) is 23.1 Å². The van der Waals surface area contributed by atoms with E-state index in [1.807, 2.05) is 13.8 Å². The minimum absolute atomic E-state index is 0.0393. The van der Waals surface area contributed by atoms with Crippen LogP contribution in [0, 0.1) is 19.7 Å². The molecule has 0 bridgehead atoms. The lowest BCUT2D eigenvalue weighted by Crippen LogP contribution is -2.23. The number of H-pyrrole nitrogens is 1. The minimum atomic E-state index is -0.551. The van der Waals surface area contributed by atoms with Gasteiger partial charge in [-0.25, -0.2) is 9.37 Å². The fourth-order valence-corrected chi connectivity index (χ4v) is 4.45. The van der Waals surface area contributed by atoms with Crippen LogP contribution in [0.4, 0.5) is 10.1 Å². The second-order valence-corrected chi connectivity index (χ2v) is 9.01. The molecule has 2 heterocycles. The molecule has 1 amide bonds. The number of fused-ring (bicyclic) bond motifs is 1. The van der Waals surface area contributed by atoms with E-state index in [0.29, 0.717) is 26.8 Å². The number of aromatic amines is 1. The molecule has 1 unspecified atom stereocenters. The van der Waals surface area contributed by atoms with Crippen molar-refractivity contribution in [1.29, 1.82) is 0 Å². The van der Waals surface area contributed by atoms with Crippen molar-refractivity contribution in [2.24, 2.45) is 0 Å². The summed E-state index contributed by atoms with van der Waals surface area (Å²) in [7, 11) is 0. The molecule has 142 valence electrons. The van der Waals surface area contributed by atoms with Crippen LogP contribution < -0.4 is 10.9 Å². The van der Waals surface area contributed by atoms with Gasteiger partial charge in [0.1, 0.15) is 16.5 Å². The van der Waals surface area contributed by atoms with Gasteiger partial charge in [0.05, 0.1) is 22.1 Å². The Bertz CT molecular complexity index is 1080. The lowest BCUT2D eigenvalue weighted by Gasteiger charge is -2.12. The van der Waals surface area contributed by atoms with E-state index in [9.17, 15) is 14.0 Å². The third kappa shape index (κ3) is 4.34. The van der Waals surface area contributed by atoms with Crippen molar-refractivity contribution in [3.8, 4) is 0 Å². The Kier molecular flexibility index (Phi) is 5.88. The summed E-state index contributed by atoms with van der Waals surface area (Å²) in [6.07, 6.45) is 0. The van der Waals surface area contributed by atoms with Crippen LogP contribution >= 0.6 is 34.7 Å². The first-order valence-electron chi connectivity index (χ1n) is 8.12. The largest absolute Gasteiger partial charge is 0.323 e. The van der Waals surface area contributed by atoms with E-state index in [2.05, 4.69) is 15.3 Å². The van der Waals surface area contributed by atoms with E-state index < -0.39 is 11.1 Å². The summed E-state index contributed by atoms with van der Waals surface area (Å²) in [5.74, 6) is -0.0436. The molecule has 0 spiro atoms. The molecule has 0 aliphatic rings. The van der Waals surface area contributed by atoms with E-state index in [1.54, 1.807) is 6.92 Å². The molecule has 0 radical (unpaired) electrons. The molecule has 5 nitrogen and oxygen atoms in total. The maximum Gasteiger partial charge on any atom is 0.259 e. The molecule has 1 aromatic carbocycles. The first-order chi connectivity index (χ1) is 12.8. The van der Waals surface area contributed by atoms with Crippen molar-refractivity contribution >= 4 is 56.5 Å². The summed E-state index contributed by atoms with van der Waals surface area (Å²) in [6, 6.07) is 3.97. The van der Waals surface area contributed by atoms with Crippen molar-refractivity contribution < 1.29 is 9.18 Å². The van der Waals surface area contributed by atoms with Crippen LogP contribution in [0.5, 0.6) is 0 Å². The maximum atomic E-state index is 13.7. The highest BCUT2D eigenvalue weighted by molar-refractivity contribution is 7.99. The van der Waals surface area contributed by atoms with E-state index in [0.717, 1.165) is 10.4 Å².